The molecule has 0 atom stereocenters. The Morgan fingerprint density at radius 1 is 1.15 bits per heavy atom. The molecule has 4 rings (SSSR count). The van der Waals surface area contributed by atoms with Crippen LogP contribution in [0.2, 0.25) is 0 Å². The Bertz CT molecular complexity index is 1130. The molecule has 0 unspecified atom stereocenters. The average molecular weight is 363 g/mol. The van der Waals surface area contributed by atoms with Gasteiger partial charge in [-0.3, -0.25) is 4.79 Å². The van der Waals surface area contributed by atoms with Gasteiger partial charge in [0, 0.05) is 23.6 Å². The maximum absolute atomic E-state index is 12.5. The standard InChI is InChI=1S/C19H17N5OS/c1-11-6-7-24-10-16(20-17(24)8-11)14-5-4-12(2)15(9-14)21-19(25)18-13(3)22-23-26-18/h4-10H,1-3H3,(H,21,25). The van der Waals surface area contributed by atoms with Crippen LogP contribution in [0.15, 0.2) is 42.7 Å². The molecular weight excluding hydrogens is 346 g/mol. The van der Waals surface area contributed by atoms with Crippen molar-refractivity contribution in [2.24, 2.45) is 0 Å². The van der Waals surface area contributed by atoms with Gasteiger partial charge >= 0.3 is 0 Å². The lowest BCUT2D eigenvalue weighted by Gasteiger charge is -2.09. The molecule has 0 aliphatic carbocycles. The molecule has 0 fully saturated rings. The first-order chi connectivity index (χ1) is 12.5. The van der Waals surface area contributed by atoms with Gasteiger partial charge in [0.05, 0.1) is 11.4 Å². The van der Waals surface area contributed by atoms with E-state index in [-0.39, 0.29) is 5.91 Å². The summed E-state index contributed by atoms with van der Waals surface area (Å²) in [5.74, 6) is -0.191. The van der Waals surface area contributed by atoms with Crippen molar-refractivity contribution in [3.63, 3.8) is 0 Å². The van der Waals surface area contributed by atoms with Crippen LogP contribution >= 0.6 is 11.5 Å². The number of fused-ring (bicyclic) bond motifs is 1. The van der Waals surface area contributed by atoms with Gasteiger partial charge in [0.2, 0.25) is 0 Å². The smallest absolute Gasteiger partial charge is 0.269 e. The lowest BCUT2D eigenvalue weighted by molar-refractivity contribution is 0.102. The van der Waals surface area contributed by atoms with Crippen LogP contribution in [0.25, 0.3) is 16.9 Å². The first kappa shape index (κ1) is 16.4. The molecule has 7 heteroatoms. The van der Waals surface area contributed by atoms with Crippen LogP contribution in [0.3, 0.4) is 0 Å². The summed E-state index contributed by atoms with van der Waals surface area (Å²) >= 11 is 1.10. The number of nitrogens with zero attached hydrogens (tertiary/aromatic N) is 4. The number of anilines is 1. The number of carbonyl (C=O) groups is 1. The molecule has 1 N–H and O–H groups in total. The van der Waals surface area contributed by atoms with E-state index < -0.39 is 0 Å². The third-order valence-corrected chi connectivity index (χ3v) is 5.08. The predicted molar refractivity (Wildman–Crippen MR) is 103 cm³/mol. The van der Waals surface area contributed by atoms with Crippen LogP contribution in [0, 0.1) is 20.8 Å². The molecule has 0 aliphatic rings. The fourth-order valence-corrected chi connectivity index (χ4v) is 3.31. The molecule has 0 saturated heterocycles. The lowest BCUT2D eigenvalue weighted by atomic mass is 10.1. The van der Waals surface area contributed by atoms with E-state index in [9.17, 15) is 4.79 Å². The summed E-state index contributed by atoms with van der Waals surface area (Å²) in [5, 5.41) is 6.86. The molecule has 6 nitrogen and oxygen atoms in total. The van der Waals surface area contributed by atoms with Gasteiger partial charge in [-0.05, 0) is 61.6 Å². The van der Waals surface area contributed by atoms with Gasteiger partial charge in [-0.2, -0.15) is 0 Å². The van der Waals surface area contributed by atoms with Crippen LogP contribution in [0.4, 0.5) is 5.69 Å². The number of carbonyl (C=O) groups excluding carboxylic acids is 1. The second kappa shape index (κ2) is 6.34. The molecule has 0 saturated carbocycles. The van der Waals surface area contributed by atoms with Crippen molar-refractivity contribution in [3.8, 4) is 11.3 Å². The highest BCUT2D eigenvalue weighted by molar-refractivity contribution is 7.08. The Hall–Kier alpha value is -3.06. The number of pyridine rings is 1. The summed E-state index contributed by atoms with van der Waals surface area (Å²) in [6.07, 6.45) is 3.99. The Kier molecular flexibility index (Phi) is 4.00. The normalized spacial score (nSPS) is 11.0. The number of aromatic nitrogens is 4. The maximum Gasteiger partial charge on any atom is 0.269 e. The monoisotopic (exact) mass is 363 g/mol. The fourth-order valence-electron chi connectivity index (χ4n) is 2.76. The van der Waals surface area contributed by atoms with Crippen LogP contribution in [-0.4, -0.2) is 24.9 Å². The van der Waals surface area contributed by atoms with E-state index >= 15 is 0 Å². The van der Waals surface area contributed by atoms with Crippen molar-refractivity contribution >= 4 is 28.8 Å². The number of rotatable bonds is 3. The molecule has 0 bridgehead atoms. The number of imidazole rings is 1. The highest BCUT2D eigenvalue weighted by Gasteiger charge is 2.15. The maximum atomic E-state index is 12.5. The molecule has 0 spiro atoms. The molecule has 0 radical (unpaired) electrons. The molecule has 130 valence electrons. The molecular formula is C19H17N5OS. The van der Waals surface area contributed by atoms with Crippen molar-refractivity contribution in [1.82, 2.24) is 19.0 Å². The summed E-state index contributed by atoms with van der Waals surface area (Å²) in [6.45, 7) is 5.79. The zero-order valence-electron chi connectivity index (χ0n) is 14.6. The van der Waals surface area contributed by atoms with Gasteiger partial charge in [0.25, 0.3) is 5.91 Å². The van der Waals surface area contributed by atoms with E-state index in [1.807, 2.05) is 61.0 Å². The van der Waals surface area contributed by atoms with Gasteiger partial charge in [0.15, 0.2) is 0 Å². The predicted octanol–water partition coefficient (Wildman–Crippen LogP) is 4.03. The third kappa shape index (κ3) is 2.97. The third-order valence-electron chi connectivity index (χ3n) is 4.26. The lowest BCUT2D eigenvalue weighted by Crippen LogP contribution is -2.12. The molecule has 4 aromatic rings. The zero-order valence-corrected chi connectivity index (χ0v) is 15.5. The summed E-state index contributed by atoms with van der Waals surface area (Å²) in [4.78, 5) is 17.7. The average Bonchev–Trinajstić information content (AvgIpc) is 3.22. The minimum atomic E-state index is -0.191. The Labute approximate surface area is 154 Å². The van der Waals surface area contributed by atoms with E-state index in [0.29, 0.717) is 10.6 Å². The topological polar surface area (TPSA) is 72.2 Å². The second-order valence-corrected chi connectivity index (χ2v) is 7.02. The molecule has 3 heterocycles. The van der Waals surface area contributed by atoms with E-state index in [1.165, 1.54) is 5.56 Å². The number of benzene rings is 1. The SMILES string of the molecule is Cc1ccn2cc(-c3ccc(C)c(NC(=O)c4snnc4C)c3)nc2c1. The Morgan fingerprint density at radius 2 is 2.00 bits per heavy atom. The van der Waals surface area contributed by atoms with Crippen molar-refractivity contribution < 1.29 is 4.79 Å². The highest BCUT2D eigenvalue weighted by Crippen LogP contribution is 2.26. The molecule has 1 amide bonds. The quantitative estimate of drug-likeness (QED) is 0.596. The first-order valence-electron chi connectivity index (χ1n) is 8.18. The largest absolute Gasteiger partial charge is 0.321 e. The number of hydrogen-bond donors (Lipinski definition) is 1. The van der Waals surface area contributed by atoms with Crippen molar-refractivity contribution in [2.75, 3.05) is 5.32 Å². The van der Waals surface area contributed by atoms with Gasteiger partial charge < -0.3 is 9.72 Å². The van der Waals surface area contributed by atoms with Crippen LogP contribution in [-0.2, 0) is 0 Å². The van der Waals surface area contributed by atoms with Gasteiger partial charge in [-0.15, -0.1) is 5.10 Å². The molecule has 0 aliphatic heterocycles. The van der Waals surface area contributed by atoms with Crippen LogP contribution in [0.1, 0.15) is 26.5 Å². The van der Waals surface area contributed by atoms with E-state index in [2.05, 4.69) is 14.9 Å². The number of nitrogens with one attached hydrogen (secondary N) is 1. The fraction of sp³-hybridized carbons (Fsp3) is 0.158. The number of aryl methyl sites for hydroxylation is 3. The molecule has 1 aromatic carbocycles. The van der Waals surface area contributed by atoms with Gasteiger partial charge in [-0.1, -0.05) is 16.6 Å². The van der Waals surface area contributed by atoms with E-state index in [4.69, 9.17) is 4.98 Å². The molecule has 26 heavy (non-hydrogen) atoms. The van der Waals surface area contributed by atoms with Gasteiger partial charge in [-0.25, -0.2) is 4.98 Å². The van der Waals surface area contributed by atoms with Gasteiger partial charge in [0.1, 0.15) is 10.5 Å². The Morgan fingerprint density at radius 3 is 2.77 bits per heavy atom. The first-order valence-corrected chi connectivity index (χ1v) is 8.95. The minimum Gasteiger partial charge on any atom is -0.321 e. The van der Waals surface area contributed by atoms with Crippen LogP contribution < -0.4 is 5.32 Å². The van der Waals surface area contributed by atoms with E-state index in [0.717, 1.165) is 39.7 Å². The summed E-state index contributed by atoms with van der Waals surface area (Å²) < 4.78 is 5.81. The second-order valence-electron chi connectivity index (χ2n) is 6.27. The molecule has 3 aromatic heterocycles. The zero-order chi connectivity index (χ0) is 18.3. The summed E-state index contributed by atoms with van der Waals surface area (Å²) in [6, 6.07) is 10.0. The minimum absolute atomic E-state index is 0.191. The van der Waals surface area contributed by atoms with Crippen molar-refractivity contribution in [3.05, 3.63) is 64.4 Å². The summed E-state index contributed by atoms with van der Waals surface area (Å²) in [5.41, 5.74) is 6.26. The van der Waals surface area contributed by atoms with Crippen molar-refractivity contribution in [1.29, 1.82) is 0 Å². The Balaban J connectivity index is 1.69. The van der Waals surface area contributed by atoms with Crippen molar-refractivity contribution in [2.45, 2.75) is 20.8 Å². The summed E-state index contributed by atoms with van der Waals surface area (Å²) in [7, 11) is 0. The van der Waals surface area contributed by atoms with E-state index in [1.54, 1.807) is 6.92 Å². The highest BCUT2D eigenvalue weighted by atomic mass is 32.1. The number of hydrogen-bond acceptors (Lipinski definition) is 5. The van der Waals surface area contributed by atoms with Crippen LogP contribution in [0.5, 0.6) is 0 Å². The number of amides is 1.